The van der Waals surface area contributed by atoms with Gasteiger partial charge in [0.2, 0.25) is 0 Å². The second-order valence-corrected chi connectivity index (χ2v) is 5.32. The number of carbonyl (C=O) groups is 1. The van der Waals surface area contributed by atoms with E-state index in [1.807, 2.05) is 0 Å². The summed E-state index contributed by atoms with van der Waals surface area (Å²) in [6, 6.07) is 0.0891. The quantitative estimate of drug-likeness (QED) is 0.735. The van der Waals surface area contributed by atoms with Gasteiger partial charge in [-0.25, -0.2) is 0 Å². The Hall–Kier alpha value is -0.610. The number of carboxylic acids is 1. The maximum Gasteiger partial charge on any atom is 0.310 e. The molecule has 4 heteroatoms. The number of hydrogen-bond acceptors (Lipinski definition) is 3. The molecule has 2 atom stereocenters. The van der Waals surface area contributed by atoms with E-state index in [9.17, 15) is 9.90 Å². The molecule has 0 aromatic rings. The second kappa shape index (κ2) is 5.83. The van der Waals surface area contributed by atoms with Crippen molar-refractivity contribution in [2.24, 2.45) is 11.8 Å². The molecule has 4 nitrogen and oxygen atoms in total. The molecule has 17 heavy (non-hydrogen) atoms. The van der Waals surface area contributed by atoms with Crippen LogP contribution in [-0.4, -0.2) is 48.3 Å². The van der Waals surface area contributed by atoms with Crippen molar-refractivity contribution in [2.45, 2.75) is 38.6 Å². The Morgan fingerprint density at radius 2 is 2.12 bits per heavy atom. The summed E-state index contributed by atoms with van der Waals surface area (Å²) in [7, 11) is 0. The van der Waals surface area contributed by atoms with Crippen molar-refractivity contribution in [3.8, 4) is 0 Å². The zero-order chi connectivity index (χ0) is 12.3. The van der Waals surface area contributed by atoms with Crippen LogP contribution in [0.3, 0.4) is 0 Å². The normalized spacial score (nSPS) is 28.8. The summed E-state index contributed by atoms with van der Waals surface area (Å²) in [5.74, 6) is -0.138. The Labute approximate surface area is 103 Å². The van der Waals surface area contributed by atoms with Crippen molar-refractivity contribution in [1.82, 2.24) is 4.90 Å². The molecule has 1 heterocycles. The summed E-state index contributed by atoms with van der Waals surface area (Å²) in [4.78, 5) is 13.5. The second-order valence-electron chi connectivity index (χ2n) is 5.32. The molecule has 1 saturated carbocycles. The highest BCUT2D eigenvalue weighted by molar-refractivity contribution is 5.71. The Balaban J connectivity index is 1.89. The van der Waals surface area contributed by atoms with Crippen LogP contribution in [0.4, 0.5) is 0 Å². The summed E-state index contributed by atoms with van der Waals surface area (Å²) in [6.45, 7) is 5.14. The van der Waals surface area contributed by atoms with Crippen molar-refractivity contribution in [3.63, 3.8) is 0 Å². The van der Waals surface area contributed by atoms with Crippen LogP contribution in [-0.2, 0) is 9.53 Å². The molecule has 0 aromatic carbocycles. The molecule has 0 radical (unpaired) electrons. The third-order valence-corrected chi connectivity index (χ3v) is 3.87. The van der Waals surface area contributed by atoms with Crippen LogP contribution in [0.5, 0.6) is 0 Å². The molecule has 2 unspecified atom stereocenters. The molecule has 2 fully saturated rings. The topological polar surface area (TPSA) is 49.8 Å². The Bertz CT molecular complexity index is 265. The molecule has 0 aromatic heterocycles. The third kappa shape index (κ3) is 3.42. The average Bonchev–Trinajstić information content (AvgIpc) is 2.98. The van der Waals surface area contributed by atoms with E-state index in [4.69, 9.17) is 4.74 Å². The largest absolute Gasteiger partial charge is 0.481 e. The van der Waals surface area contributed by atoms with Gasteiger partial charge in [-0.2, -0.15) is 0 Å². The number of carboxylic acid groups (broad SMARTS) is 1. The Kier molecular flexibility index (Phi) is 4.40. The Morgan fingerprint density at radius 3 is 2.71 bits per heavy atom. The van der Waals surface area contributed by atoms with E-state index in [0.29, 0.717) is 13.2 Å². The number of ether oxygens (including phenoxy) is 1. The van der Waals surface area contributed by atoms with Crippen LogP contribution in [0.15, 0.2) is 0 Å². The smallest absolute Gasteiger partial charge is 0.310 e. The van der Waals surface area contributed by atoms with Gasteiger partial charge in [-0.1, -0.05) is 19.8 Å². The minimum absolute atomic E-state index is 0.0891. The van der Waals surface area contributed by atoms with E-state index in [-0.39, 0.29) is 12.0 Å². The summed E-state index contributed by atoms with van der Waals surface area (Å²) in [6.07, 6.45) is 5.03. The lowest BCUT2D eigenvalue weighted by molar-refractivity contribution is -0.143. The summed E-state index contributed by atoms with van der Waals surface area (Å²) in [5, 5.41) is 9.18. The van der Waals surface area contributed by atoms with E-state index in [1.54, 1.807) is 0 Å². The molecule has 2 aliphatic rings. The first kappa shape index (κ1) is 12.8. The molecule has 98 valence electrons. The van der Waals surface area contributed by atoms with Gasteiger partial charge >= 0.3 is 5.97 Å². The van der Waals surface area contributed by atoms with Gasteiger partial charge in [0.05, 0.1) is 19.1 Å². The lowest BCUT2D eigenvalue weighted by Gasteiger charge is -2.30. The monoisotopic (exact) mass is 241 g/mol. The number of aliphatic carboxylic acids is 1. The number of hydrogen-bond donors (Lipinski definition) is 1. The first-order chi connectivity index (χ1) is 8.22. The highest BCUT2D eigenvalue weighted by Gasteiger charge is 2.38. The van der Waals surface area contributed by atoms with Crippen LogP contribution >= 0.6 is 0 Å². The van der Waals surface area contributed by atoms with E-state index in [2.05, 4.69) is 11.8 Å². The van der Waals surface area contributed by atoms with Crippen LogP contribution in [0.1, 0.15) is 32.6 Å². The van der Waals surface area contributed by atoms with Crippen molar-refractivity contribution in [1.29, 1.82) is 0 Å². The predicted octanol–water partition coefficient (Wildman–Crippen LogP) is 1.60. The minimum atomic E-state index is -0.708. The average molecular weight is 241 g/mol. The molecule has 0 amide bonds. The van der Waals surface area contributed by atoms with Gasteiger partial charge in [0, 0.05) is 6.04 Å². The number of rotatable bonds is 7. The molecule has 1 N–H and O–H groups in total. The highest BCUT2D eigenvalue weighted by atomic mass is 16.5. The van der Waals surface area contributed by atoms with E-state index in [1.165, 1.54) is 19.3 Å². The molecule has 1 aliphatic carbocycles. The molecule has 0 spiro atoms. The fraction of sp³-hybridized carbons (Fsp3) is 0.923. The molecule has 1 saturated heterocycles. The van der Waals surface area contributed by atoms with E-state index >= 15 is 0 Å². The van der Waals surface area contributed by atoms with Gasteiger partial charge in [0.1, 0.15) is 0 Å². The minimum Gasteiger partial charge on any atom is -0.481 e. The fourth-order valence-corrected chi connectivity index (χ4v) is 2.62. The summed E-state index contributed by atoms with van der Waals surface area (Å²) in [5.41, 5.74) is 0. The zero-order valence-electron chi connectivity index (χ0n) is 10.6. The van der Waals surface area contributed by atoms with Crippen molar-refractivity contribution in [2.75, 3.05) is 26.3 Å². The molecular formula is C13H23NO3. The van der Waals surface area contributed by atoms with Gasteiger partial charge in [-0.05, 0) is 31.8 Å². The van der Waals surface area contributed by atoms with Gasteiger partial charge in [-0.3, -0.25) is 9.69 Å². The molecular weight excluding hydrogens is 218 g/mol. The van der Waals surface area contributed by atoms with Gasteiger partial charge in [-0.15, -0.1) is 0 Å². The third-order valence-electron chi connectivity index (χ3n) is 3.87. The van der Waals surface area contributed by atoms with Crippen LogP contribution in [0, 0.1) is 11.8 Å². The van der Waals surface area contributed by atoms with Crippen molar-refractivity contribution < 1.29 is 14.6 Å². The van der Waals surface area contributed by atoms with Crippen molar-refractivity contribution in [3.05, 3.63) is 0 Å². The van der Waals surface area contributed by atoms with Gasteiger partial charge in [0.15, 0.2) is 0 Å². The van der Waals surface area contributed by atoms with E-state index in [0.717, 1.165) is 25.4 Å². The summed E-state index contributed by atoms with van der Waals surface area (Å²) >= 11 is 0. The lowest BCUT2D eigenvalue weighted by atomic mass is 10.0. The van der Waals surface area contributed by atoms with Gasteiger partial charge < -0.3 is 9.84 Å². The Morgan fingerprint density at radius 1 is 1.35 bits per heavy atom. The zero-order valence-corrected chi connectivity index (χ0v) is 10.6. The highest BCUT2D eigenvalue weighted by Crippen LogP contribution is 2.33. The van der Waals surface area contributed by atoms with E-state index < -0.39 is 5.97 Å². The molecule has 1 aliphatic heterocycles. The summed E-state index contributed by atoms with van der Waals surface area (Å²) < 4.78 is 5.36. The standard InChI is InChI=1S/C13H23NO3/c1-2-6-14(7-5-10-3-4-10)12-9-17-8-11(12)13(15)16/h10-12H,2-9H2,1H3,(H,15,16). The maximum atomic E-state index is 11.2. The van der Waals surface area contributed by atoms with Crippen LogP contribution in [0.25, 0.3) is 0 Å². The van der Waals surface area contributed by atoms with Crippen molar-refractivity contribution >= 4 is 5.97 Å². The lowest BCUT2D eigenvalue weighted by Crippen LogP contribution is -2.44. The first-order valence-corrected chi connectivity index (χ1v) is 6.77. The maximum absolute atomic E-state index is 11.2. The molecule has 2 rings (SSSR count). The molecule has 0 bridgehead atoms. The SMILES string of the molecule is CCCN(CCC1CC1)C1COCC1C(=O)O. The van der Waals surface area contributed by atoms with Crippen LogP contribution in [0.2, 0.25) is 0 Å². The van der Waals surface area contributed by atoms with Gasteiger partial charge in [0.25, 0.3) is 0 Å². The first-order valence-electron chi connectivity index (χ1n) is 6.77. The number of nitrogens with zero attached hydrogens (tertiary/aromatic N) is 1. The predicted molar refractivity (Wildman–Crippen MR) is 64.9 cm³/mol. The van der Waals surface area contributed by atoms with Crippen LogP contribution < -0.4 is 0 Å². The fourth-order valence-electron chi connectivity index (χ4n) is 2.62.